The summed E-state index contributed by atoms with van der Waals surface area (Å²) in [6.45, 7) is 8.17. The second-order valence-electron chi connectivity index (χ2n) is 8.64. The second kappa shape index (κ2) is 14.6. The zero-order valence-electron chi connectivity index (χ0n) is 19.4. The molecule has 1 aromatic rings. The molecule has 0 bridgehead atoms. The van der Waals surface area contributed by atoms with Gasteiger partial charge >= 0.3 is 0 Å². The summed E-state index contributed by atoms with van der Waals surface area (Å²) in [5.41, 5.74) is 0.274. The van der Waals surface area contributed by atoms with Gasteiger partial charge in [-0.25, -0.2) is 0 Å². The molecule has 1 saturated carbocycles. The first-order valence-corrected chi connectivity index (χ1v) is 13.3. The van der Waals surface area contributed by atoms with Crippen molar-refractivity contribution in [1.82, 2.24) is 30.3 Å². The van der Waals surface area contributed by atoms with Crippen LogP contribution in [-0.4, -0.2) is 75.9 Å². The summed E-state index contributed by atoms with van der Waals surface area (Å²) in [5, 5.41) is 15.3. The maximum Gasteiger partial charge on any atom is 0.191 e. The van der Waals surface area contributed by atoms with Gasteiger partial charge in [0.1, 0.15) is 12.2 Å². The van der Waals surface area contributed by atoms with E-state index in [4.69, 9.17) is 4.99 Å². The van der Waals surface area contributed by atoms with E-state index in [-0.39, 0.29) is 29.5 Å². The van der Waals surface area contributed by atoms with Crippen molar-refractivity contribution in [3.63, 3.8) is 0 Å². The fraction of sp³-hybridized carbons (Fsp3) is 0.864. The Morgan fingerprint density at radius 1 is 1.10 bits per heavy atom. The highest BCUT2D eigenvalue weighted by molar-refractivity contribution is 14.0. The van der Waals surface area contributed by atoms with Crippen molar-refractivity contribution in [2.24, 2.45) is 4.99 Å². The number of aliphatic imine (C=N–C) groups is 1. The number of thioether (sulfide) groups is 1. The smallest absolute Gasteiger partial charge is 0.191 e. The largest absolute Gasteiger partial charge is 0.356 e. The zero-order chi connectivity index (χ0) is 21.1. The summed E-state index contributed by atoms with van der Waals surface area (Å²) in [4.78, 5) is 7.91. The van der Waals surface area contributed by atoms with Gasteiger partial charge in [-0.3, -0.25) is 9.89 Å². The van der Waals surface area contributed by atoms with Crippen molar-refractivity contribution in [2.75, 3.05) is 44.7 Å². The molecule has 1 aromatic heterocycles. The Kier molecular flexibility index (Phi) is 12.5. The van der Waals surface area contributed by atoms with E-state index in [1.807, 2.05) is 18.1 Å². The van der Waals surface area contributed by atoms with Gasteiger partial charge < -0.3 is 15.2 Å². The molecular weight excluding hydrogens is 521 g/mol. The van der Waals surface area contributed by atoms with Gasteiger partial charge in [-0.15, -0.1) is 34.2 Å². The first kappa shape index (κ1) is 26.7. The number of guanidine groups is 1. The molecule has 0 atom stereocenters. The average molecular weight is 564 g/mol. The Labute approximate surface area is 210 Å². The molecule has 3 rings (SSSR count). The number of aromatic nitrogens is 3. The lowest BCUT2D eigenvalue weighted by Gasteiger charge is -2.47. The SMILES string of the molecule is CCc1nncn1CCNC(=NCC1(N2CCCCC2)CCCCC1)NCCSC.I. The van der Waals surface area contributed by atoms with Crippen LogP contribution in [0.4, 0.5) is 0 Å². The standard InChI is InChI=1S/C22H41N7S.HI/c1-3-20-27-26-19-28(20)16-12-23-21(24-13-17-30-2)25-18-22(10-6-4-7-11-22)29-14-8-5-9-15-29;/h19H,3-18H2,1-2H3,(H2,23,24,25);1H. The maximum absolute atomic E-state index is 5.13. The highest BCUT2D eigenvalue weighted by Crippen LogP contribution is 2.35. The van der Waals surface area contributed by atoms with Crippen LogP contribution >= 0.6 is 35.7 Å². The number of hydrogen-bond donors (Lipinski definition) is 2. The van der Waals surface area contributed by atoms with Crippen molar-refractivity contribution in [1.29, 1.82) is 0 Å². The molecule has 2 N–H and O–H groups in total. The van der Waals surface area contributed by atoms with Crippen molar-refractivity contribution in [2.45, 2.75) is 76.8 Å². The number of hydrogen-bond acceptors (Lipinski definition) is 5. The molecule has 1 saturated heterocycles. The fourth-order valence-electron chi connectivity index (χ4n) is 4.86. The third-order valence-electron chi connectivity index (χ3n) is 6.60. The molecule has 7 nitrogen and oxygen atoms in total. The van der Waals surface area contributed by atoms with Crippen molar-refractivity contribution in [3.05, 3.63) is 12.2 Å². The molecule has 9 heteroatoms. The molecule has 1 aliphatic carbocycles. The minimum atomic E-state index is 0. The molecule has 2 fully saturated rings. The lowest BCUT2D eigenvalue weighted by atomic mass is 9.79. The summed E-state index contributed by atoms with van der Waals surface area (Å²) in [7, 11) is 0. The normalized spacial score (nSPS) is 19.6. The third kappa shape index (κ3) is 8.07. The van der Waals surface area contributed by atoms with Crippen LogP contribution in [0.3, 0.4) is 0 Å². The van der Waals surface area contributed by atoms with E-state index in [1.54, 1.807) is 0 Å². The zero-order valence-corrected chi connectivity index (χ0v) is 22.6. The predicted molar refractivity (Wildman–Crippen MR) is 143 cm³/mol. The first-order chi connectivity index (χ1) is 14.8. The minimum Gasteiger partial charge on any atom is -0.356 e. The molecule has 0 radical (unpaired) electrons. The van der Waals surface area contributed by atoms with Crippen LogP contribution in [0.1, 0.15) is 64.1 Å². The van der Waals surface area contributed by atoms with E-state index in [1.165, 1.54) is 64.5 Å². The highest BCUT2D eigenvalue weighted by atomic mass is 127. The van der Waals surface area contributed by atoms with E-state index in [2.05, 4.69) is 43.5 Å². The number of aryl methyl sites for hydroxylation is 1. The van der Waals surface area contributed by atoms with Gasteiger partial charge in [0.2, 0.25) is 0 Å². The topological polar surface area (TPSA) is 70.4 Å². The quantitative estimate of drug-likeness (QED) is 0.197. The summed E-state index contributed by atoms with van der Waals surface area (Å²) < 4.78 is 2.13. The van der Waals surface area contributed by atoms with Crippen molar-refractivity contribution in [3.8, 4) is 0 Å². The van der Waals surface area contributed by atoms with Crippen molar-refractivity contribution < 1.29 is 0 Å². The molecule has 31 heavy (non-hydrogen) atoms. The van der Waals surface area contributed by atoms with Crippen LogP contribution in [0.15, 0.2) is 11.3 Å². The van der Waals surface area contributed by atoms with E-state index in [0.717, 1.165) is 50.1 Å². The van der Waals surface area contributed by atoms with Crippen LogP contribution < -0.4 is 10.6 Å². The van der Waals surface area contributed by atoms with E-state index in [9.17, 15) is 0 Å². The van der Waals surface area contributed by atoms with E-state index >= 15 is 0 Å². The minimum absolute atomic E-state index is 0. The molecule has 2 heterocycles. The summed E-state index contributed by atoms with van der Waals surface area (Å²) in [6.07, 6.45) is 15.7. The van der Waals surface area contributed by atoms with E-state index in [0.29, 0.717) is 0 Å². The molecule has 0 unspecified atom stereocenters. The molecule has 2 aliphatic rings. The van der Waals surface area contributed by atoms with Crippen LogP contribution in [-0.2, 0) is 13.0 Å². The highest BCUT2D eigenvalue weighted by Gasteiger charge is 2.38. The molecule has 0 aromatic carbocycles. The lowest BCUT2D eigenvalue weighted by molar-refractivity contribution is 0.0407. The molecule has 0 amide bonds. The lowest BCUT2D eigenvalue weighted by Crippen LogP contribution is -2.54. The summed E-state index contributed by atoms with van der Waals surface area (Å²) in [5.74, 6) is 3.08. The monoisotopic (exact) mass is 563 g/mol. The van der Waals surface area contributed by atoms with Gasteiger partial charge in [0, 0.05) is 37.3 Å². The van der Waals surface area contributed by atoms with Gasteiger partial charge in [-0.05, 0) is 45.0 Å². The first-order valence-electron chi connectivity index (χ1n) is 11.9. The second-order valence-corrected chi connectivity index (χ2v) is 9.62. The molecule has 178 valence electrons. The summed E-state index contributed by atoms with van der Waals surface area (Å²) >= 11 is 1.86. The number of nitrogens with one attached hydrogen (secondary N) is 2. The number of rotatable bonds is 10. The Morgan fingerprint density at radius 3 is 2.52 bits per heavy atom. The average Bonchev–Trinajstić information content (AvgIpc) is 3.26. The Balaban J connectivity index is 0.00000341. The Hall–Kier alpha value is -0.550. The van der Waals surface area contributed by atoms with E-state index < -0.39 is 0 Å². The predicted octanol–water partition coefficient (Wildman–Crippen LogP) is 3.55. The Bertz CT molecular complexity index is 640. The van der Waals surface area contributed by atoms with Gasteiger partial charge in [0.05, 0.1) is 6.54 Å². The van der Waals surface area contributed by atoms with Gasteiger partial charge in [-0.1, -0.05) is 32.6 Å². The maximum atomic E-state index is 5.13. The number of nitrogens with zero attached hydrogens (tertiary/aromatic N) is 5. The van der Waals surface area contributed by atoms with Gasteiger partial charge in [-0.2, -0.15) is 11.8 Å². The molecular formula is C22H42IN7S. The van der Waals surface area contributed by atoms with Gasteiger partial charge in [0.15, 0.2) is 5.96 Å². The molecule has 1 aliphatic heterocycles. The number of halogens is 1. The van der Waals surface area contributed by atoms with Gasteiger partial charge in [0.25, 0.3) is 0 Å². The Morgan fingerprint density at radius 2 is 1.81 bits per heavy atom. The third-order valence-corrected chi connectivity index (χ3v) is 7.21. The van der Waals surface area contributed by atoms with Crippen molar-refractivity contribution >= 4 is 41.7 Å². The summed E-state index contributed by atoms with van der Waals surface area (Å²) in [6, 6.07) is 0. The number of likely N-dealkylation sites (tertiary alicyclic amines) is 1. The van der Waals surface area contributed by atoms with Crippen LogP contribution in [0.2, 0.25) is 0 Å². The fourth-order valence-corrected chi connectivity index (χ4v) is 5.16. The molecule has 0 spiro atoms. The number of piperidine rings is 1. The van der Waals surface area contributed by atoms with Crippen LogP contribution in [0, 0.1) is 0 Å². The van der Waals surface area contributed by atoms with Crippen LogP contribution in [0.25, 0.3) is 0 Å². The van der Waals surface area contributed by atoms with Crippen LogP contribution in [0.5, 0.6) is 0 Å².